The molecule has 0 radical (unpaired) electrons. The SMILES string of the molecule is CCCCCCNC(=O)CCCCC(C)O. The molecule has 0 aromatic carbocycles. The van der Waals surface area contributed by atoms with Crippen LogP contribution in [0.3, 0.4) is 0 Å². The van der Waals surface area contributed by atoms with Gasteiger partial charge in [0.15, 0.2) is 0 Å². The predicted molar refractivity (Wildman–Crippen MR) is 67.3 cm³/mol. The van der Waals surface area contributed by atoms with E-state index in [1.165, 1.54) is 19.3 Å². The maximum absolute atomic E-state index is 11.3. The Kier molecular flexibility index (Phi) is 10.5. The van der Waals surface area contributed by atoms with Gasteiger partial charge in [0.05, 0.1) is 6.10 Å². The Hall–Kier alpha value is -0.570. The van der Waals surface area contributed by atoms with Gasteiger partial charge in [0.1, 0.15) is 0 Å². The van der Waals surface area contributed by atoms with Gasteiger partial charge in [-0.15, -0.1) is 0 Å². The number of hydrogen-bond acceptors (Lipinski definition) is 2. The van der Waals surface area contributed by atoms with Crippen LogP contribution in [0, 0.1) is 0 Å². The molecule has 3 nitrogen and oxygen atoms in total. The molecule has 0 saturated heterocycles. The molecule has 16 heavy (non-hydrogen) atoms. The summed E-state index contributed by atoms with van der Waals surface area (Å²) in [5, 5.41) is 12.0. The fourth-order valence-corrected chi connectivity index (χ4v) is 1.59. The lowest BCUT2D eigenvalue weighted by molar-refractivity contribution is -0.121. The maximum atomic E-state index is 11.3. The van der Waals surface area contributed by atoms with Crippen LogP contribution in [-0.4, -0.2) is 23.7 Å². The van der Waals surface area contributed by atoms with Crippen LogP contribution in [-0.2, 0) is 4.79 Å². The van der Waals surface area contributed by atoms with Crippen LogP contribution in [0.15, 0.2) is 0 Å². The Bertz CT molecular complexity index is 169. The lowest BCUT2D eigenvalue weighted by atomic mass is 10.1. The standard InChI is InChI=1S/C13H27NO2/c1-3-4-5-8-11-14-13(16)10-7-6-9-12(2)15/h12,15H,3-11H2,1-2H3,(H,14,16). The van der Waals surface area contributed by atoms with E-state index in [9.17, 15) is 4.79 Å². The van der Waals surface area contributed by atoms with Gasteiger partial charge in [-0.05, 0) is 26.2 Å². The van der Waals surface area contributed by atoms with Crippen LogP contribution in [0.5, 0.6) is 0 Å². The Morgan fingerprint density at radius 2 is 1.94 bits per heavy atom. The molecule has 0 saturated carbocycles. The molecule has 1 amide bonds. The highest BCUT2D eigenvalue weighted by Crippen LogP contribution is 2.03. The van der Waals surface area contributed by atoms with Gasteiger partial charge >= 0.3 is 0 Å². The van der Waals surface area contributed by atoms with E-state index >= 15 is 0 Å². The van der Waals surface area contributed by atoms with E-state index < -0.39 is 0 Å². The highest BCUT2D eigenvalue weighted by atomic mass is 16.3. The smallest absolute Gasteiger partial charge is 0.219 e. The molecule has 0 rings (SSSR count). The van der Waals surface area contributed by atoms with Crippen molar-refractivity contribution >= 4 is 5.91 Å². The van der Waals surface area contributed by atoms with Crippen molar-refractivity contribution in [1.29, 1.82) is 0 Å². The number of nitrogens with one attached hydrogen (secondary N) is 1. The zero-order chi connectivity index (χ0) is 12.2. The minimum atomic E-state index is -0.239. The third-order valence-electron chi connectivity index (χ3n) is 2.63. The lowest BCUT2D eigenvalue weighted by Gasteiger charge is -2.05. The summed E-state index contributed by atoms with van der Waals surface area (Å²) in [5.74, 6) is 0.155. The third kappa shape index (κ3) is 11.5. The monoisotopic (exact) mass is 229 g/mol. The molecule has 2 N–H and O–H groups in total. The van der Waals surface area contributed by atoms with Crippen LogP contribution in [0.2, 0.25) is 0 Å². The van der Waals surface area contributed by atoms with Crippen molar-refractivity contribution in [2.45, 2.75) is 71.3 Å². The average molecular weight is 229 g/mol. The second kappa shape index (κ2) is 10.9. The van der Waals surface area contributed by atoms with E-state index in [4.69, 9.17) is 5.11 Å². The minimum Gasteiger partial charge on any atom is -0.393 e. The van der Waals surface area contributed by atoms with Gasteiger partial charge in [-0.3, -0.25) is 4.79 Å². The molecule has 0 aliphatic heterocycles. The Balaban J connectivity index is 3.18. The van der Waals surface area contributed by atoms with E-state index in [0.29, 0.717) is 6.42 Å². The second-order valence-corrected chi connectivity index (χ2v) is 4.51. The second-order valence-electron chi connectivity index (χ2n) is 4.51. The molecule has 0 fully saturated rings. The van der Waals surface area contributed by atoms with Crippen molar-refractivity contribution in [3.63, 3.8) is 0 Å². The molecule has 0 spiro atoms. The molecule has 0 aliphatic carbocycles. The van der Waals surface area contributed by atoms with Crippen LogP contribution in [0.1, 0.15) is 65.2 Å². The molecule has 0 aromatic rings. The van der Waals surface area contributed by atoms with E-state index in [-0.39, 0.29) is 12.0 Å². The topological polar surface area (TPSA) is 49.3 Å². The molecule has 0 aliphatic rings. The number of carbonyl (C=O) groups excluding carboxylic acids is 1. The number of carbonyl (C=O) groups is 1. The van der Waals surface area contributed by atoms with E-state index in [1.807, 2.05) is 0 Å². The summed E-state index contributed by atoms with van der Waals surface area (Å²) in [5.41, 5.74) is 0. The van der Waals surface area contributed by atoms with Crippen molar-refractivity contribution in [3.8, 4) is 0 Å². The fourth-order valence-electron chi connectivity index (χ4n) is 1.59. The first kappa shape index (κ1) is 15.4. The maximum Gasteiger partial charge on any atom is 0.219 e. The van der Waals surface area contributed by atoms with E-state index in [0.717, 1.165) is 32.2 Å². The first-order valence-corrected chi connectivity index (χ1v) is 6.61. The van der Waals surface area contributed by atoms with Crippen molar-refractivity contribution in [2.75, 3.05) is 6.54 Å². The Morgan fingerprint density at radius 1 is 1.19 bits per heavy atom. The van der Waals surface area contributed by atoms with Gasteiger partial charge in [-0.25, -0.2) is 0 Å². The van der Waals surface area contributed by atoms with Crippen LogP contribution in [0.4, 0.5) is 0 Å². The van der Waals surface area contributed by atoms with Crippen molar-refractivity contribution in [1.82, 2.24) is 5.32 Å². The fraction of sp³-hybridized carbons (Fsp3) is 0.923. The van der Waals surface area contributed by atoms with Crippen molar-refractivity contribution in [2.24, 2.45) is 0 Å². The molecular weight excluding hydrogens is 202 g/mol. The molecule has 0 bridgehead atoms. The summed E-state index contributed by atoms with van der Waals surface area (Å²) < 4.78 is 0. The molecule has 96 valence electrons. The molecule has 0 heterocycles. The number of aliphatic hydroxyl groups excluding tert-OH is 1. The summed E-state index contributed by atoms with van der Waals surface area (Å²) >= 11 is 0. The highest BCUT2D eigenvalue weighted by molar-refractivity contribution is 5.75. The largest absolute Gasteiger partial charge is 0.393 e. The van der Waals surface area contributed by atoms with Crippen LogP contribution in [0.25, 0.3) is 0 Å². The summed E-state index contributed by atoms with van der Waals surface area (Å²) in [7, 11) is 0. The molecule has 1 unspecified atom stereocenters. The zero-order valence-electron chi connectivity index (χ0n) is 10.8. The number of unbranched alkanes of at least 4 members (excludes halogenated alkanes) is 4. The lowest BCUT2D eigenvalue weighted by Crippen LogP contribution is -2.24. The number of rotatable bonds is 10. The molecule has 0 aromatic heterocycles. The molecular formula is C13H27NO2. The van der Waals surface area contributed by atoms with Gasteiger partial charge in [0, 0.05) is 13.0 Å². The Labute approximate surface area is 99.6 Å². The van der Waals surface area contributed by atoms with Crippen LogP contribution >= 0.6 is 0 Å². The molecule has 1 atom stereocenters. The molecule has 3 heteroatoms. The minimum absolute atomic E-state index is 0.155. The van der Waals surface area contributed by atoms with Gasteiger partial charge in [0.2, 0.25) is 5.91 Å². The normalized spacial score (nSPS) is 12.4. The summed E-state index contributed by atoms with van der Waals surface area (Å²) in [6.45, 7) is 4.78. The van der Waals surface area contributed by atoms with Crippen LogP contribution < -0.4 is 5.32 Å². The third-order valence-corrected chi connectivity index (χ3v) is 2.63. The number of hydrogen-bond donors (Lipinski definition) is 2. The number of amides is 1. The highest BCUT2D eigenvalue weighted by Gasteiger charge is 2.01. The first-order chi connectivity index (χ1) is 7.66. The predicted octanol–water partition coefficient (Wildman–Crippen LogP) is 2.62. The van der Waals surface area contributed by atoms with Crippen molar-refractivity contribution < 1.29 is 9.90 Å². The summed E-state index contributed by atoms with van der Waals surface area (Å²) in [6, 6.07) is 0. The summed E-state index contributed by atoms with van der Waals surface area (Å²) in [4.78, 5) is 11.3. The van der Waals surface area contributed by atoms with Gasteiger partial charge in [-0.1, -0.05) is 32.6 Å². The zero-order valence-corrected chi connectivity index (χ0v) is 10.8. The average Bonchev–Trinajstić information content (AvgIpc) is 2.24. The first-order valence-electron chi connectivity index (χ1n) is 6.61. The van der Waals surface area contributed by atoms with E-state index in [1.54, 1.807) is 6.92 Å². The Morgan fingerprint density at radius 3 is 2.56 bits per heavy atom. The summed E-state index contributed by atoms with van der Waals surface area (Å²) in [6.07, 6.45) is 7.75. The van der Waals surface area contributed by atoms with Crippen molar-refractivity contribution in [3.05, 3.63) is 0 Å². The quantitative estimate of drug-likeness (QED) is 0.566. The van der Waals surface area contributed by atoms with Gasteiger partial charge in [-0.2, -0.15) is 0 Å². The van der Waals surface area contributed by atoms with Gasteiger partial charge < -0.3 is 10.4 Å². The van der Waals surface area contributed by atoms with Gasteiger partial charge in [0.25, 0.3) is 0 Å². The number of aliphatic hydroxyl groups is 1. The van der Waals surface area contributed by atoms with E-state index in [2.05, 4.69) is 12.2 Å².